The summed E-state index contributed by atoms with van der Waals surface area (Å²) < 4.78 is 0. The molecule has 0 saturated carbocycles. The summed E-state index contributed by atoms with van der Waals surface area (Å²) in [5, 5.41) is 19.1. The van der Waals surface area contributed by atoms with Crippen molar-refractivity contribution in [3.05, 3.63) is 145 Å². The minimum absolute atomic E-state index is 0. The van der Waals surface area contributed by atoms with Crippen molar-refractivity contribution in [1.82, 2.24) is 9.97 Å². The molecular weight excluding hydrogens is 909 g/mol. The molecule has 232 valence electrons. The molecule has 0 bridgehead atoms. The first-order chi connectivity index (χ1) is 20.2. The Bertz CT molecular complexity index is 1530. The summed E-state index contributed by atoms with van der Waals surface area (Å²) in [5.74, 6) is -0.125. The van der Waals surface area contributed by atoms with Crippen LogP contribution in [0.25, 0.3) is 33.3 Å². The van der Waals surface area contributed by atoms with Gasteiger partial charge in [-0.1, -0.05) is 36.4 Å². The average Bonchev–Trinajstić information content (AvgIpc) is 2.98. The molecule has 0 aliphatic carbocycles. The molecule has 0 atom stereocenters. The van der Waals surface area contributed by atoms with Crippen molar-refractivity contribution < 1.29 is 60.0 Å². The molecule has 3 aromatic carbocycles. The number of aliphatic hydroxyl groups excluding tert-OH is 2. The van der Waals surface area contributed by atoms with E-state index >= 15 is 0 Å². The van der Waals surface area contributed by atoms with Crippen molar-refractivity contribution in [2.45, 2.75) is 27.7 Å². The fourth-order valence-corrected chi connectivity index (χ4v) is 3.54. The van der Waals surface area contributed by atoms with Crippen LogP contribution in [0.2, 0.25) is 0 Å². The molecule has 8 heteroatoms. The topological polar surface area (TPSA) is 100 Å². The van der Waals surface area contributed by atoms with Crippen LogP contribution in [-0.2, 0) is 49.8 Å². The minimum Gasteiger partial charge on any atom is -0.512 e. The zero-order valence-electron chi connectivity index (χ0n) is 24.8. The molecule has 0 spiro atoms. The monoisotopic (exact) mass is 944 g/mol. The number of ketones is 2. The van der Waals surface area contributed by atoms with Crippen molar-refractivity contribution in [2.24, 2.45) is 0 Å². The van der Waals surface area contributed by atoms with Gasteiger partial charge in [-0.2, -0.15) is 0 Å². The normalized spacial score (nSPS) is 10.1. The van der Waals surface area contributed by atoms with E-state index in [1.807, 2.05) is 91.1 Å². The molecular formula is C36H34Ir2N2O4-2. The summed E-state index contributed by atoms with van der Waals surface area (Å²) in [7, 11) is 0. The molecule has 0 fully saturated rings. The van der Waals surface area contributed by atoms with Gasteiger partial charge in [0.05, 0.1) is 11.5 Å². The number of aromatic nitrogens is 2. The number of pyridine rings is 2. The summed E-state index contributed by atoms with van der Waals surface area (Å²) in [6.07, 6.45) is 5.97. The van der Waals surface area contributed by atoms with Crippen molar-refractivity contribution in [3.63, 3.8) is 0 Å². The molecule has 2 radical (unpaired) electrons. The van der Waals surface area contributed by atoms with Crippen LogP contribution in [0, 0.1) is 12.1 Å². The van der Waals surface area contributed by atoms with Gasteiger partial charge in [-0.05, 0) is 62.0 Å². The summed E-state index contributed by atoms with van der Waals surface area (Å²) in [6.45, 7) is 5.70. The maximum atomic E-state index is 10.0. The van der Waals surface area contributed by atoms with E-state index in [9.17, 15) is 9.59 Å². The van der Waals surface area contributed by atoms with Crippen molar-refractivity contribution >= 4 is 22.3 Å². The molecule has 2 aromatic heterocycles. The van der Waals surface area contributed by atoms with Crippen molar-refractivity contribution in [2.75, 3.05) is 0 Å². The minimum atomic E-state index is -0.125. The van der Waals surface area contributed by atoms with Gasteiger partial charge in [-0.3, -0.25) is 9.59 Å². The number of hydrogen-bond acceptors (Lipinski definition) is 6. The Balaban J connectivity index is 0.000000591. The molecule has 5 rings (SSSR count). The number of nitrogens with zero attached hydrogens (tertiary/aromatic N) is 2. The van der Waals surface area contributed by atoms with E-state index in [-0.39, 0.29) is 63.3 Å². The van der Waals surface area contributed by atoms with Gasteiger partial charge in [-0.15, -0.1) is 71.8 Å². The third-order valence-electron chi connectivity index (χ3n) is 5.11. The van der Waals surface area contributed by atoms with Crippen LogP contribution in [0.5, 0.6) is 0 Å². The van der Waals surface area contributed by atoms with Crippen LogP contribution in [-0.4, -0.2) is 31.7 Å². The molecule has 2 N–H and O–H groups in total. The van der Waals surface area contributed by atoms with Gasteiger partial charge in [0.15, 0.2) is 11.6 Å². The molecule has 0 amide bonds. The van der Waals surface area contributed by atoms with E-state index in [1.54, 1.807) is 6.20 Å². The van der Waals surface area contributed by atoms with Crippen molar-refractivity contribution in [1.29, 1.82) is 0 Å². The van der Waals surface area contributed by atoms with Gasteiger partial charge in [0, 0.05) is 64.8 Å². The van der Waals surface area contributed by atoms with Gasteiger partial charge in [-0.25, -0.2) is 0 Å². The van der Waals surface area contributed by atoms with Gasteiger partial charge in [0.1, 0.15) is 0 Å². The number of carbonyl (C=O) groups is 2. The Morgan fingerprint density at radius 1 is 0.614 bits per heavy atom. The summed E-state index contributed by atoms with van der Waals surface area (Å²) in [4.78, 5) is 28.7. The Morgan fingerprint density at radius 2 is 1.14 bits per heavy atom. The standard InChI is InChI=1S/C15H10N.C11H8N.2C5H8O2.2Ir/c1-2-7-13(8-3-1)15-14-9-5-4-6-12(14)10-11-16-15;1-2-6-10(7-3-1)11-8-4-5-9-12-11;2*1-4(6)3-5(2)7;;/h1-7,9-11H;1-6,8-9H;2*3,6H,1-2H3;;/q2*-1;;;;. The van der Waals surface area contributed by atoms with E-state index in [4.69, 9.17) is 10.2 Å². The van der Waals surface area contributed by atoms with Gasteiger partial charge >= 0.3 is 0 Å². The number of aliphatic hydroxyl groups is 2. The van der Waals surface area contributed by atoms with Crippen LogP contribution in [0.4, 0.5) is 0 Å². The second-order valence-corrected chi connectivity index (χ2v) is 8.94. The van der Waals surface area contributed by atoms with Gasteiger partial charge < -0.3 is 20.2 Å². The zero-order chi connectivity index (χ0) is 30.7. The largest absolute Gasteiger partial charge is 0.512 e. The first kappa shape index (κ1) is 39.9. The Kier molecular flexibility index (Phi) is 20.4. The van der Waals surface area contributed by atoms with E-state index in [0.29, 0.717) is 0 Å². The molecule has 0 unspecified atom stereocenters. The predicted molar refractivity (Wildman–Crippen MR) is 169 cm³/mol. The smallest absolute Gasteiger partial charge is 0.155 e. The second kappa shape index (κ2) is 22.5. The van der Waals surface area contributed by atoms with Gasteiger partial charge in [0.25, 0.3) is 0 Å². The Hall–Kier alpha value is -4.06. The number of benzene rings is 3. The third kappa shape index (κ3) is 16.0. The van der Waals surface area contributed by atoms with Crippen LogP contribution in [0.15, 0.2) is 133 Å². The summed E-state index contributed by atoms with van der Waals surface area (Å²) >= 11 is 0. The van der Waals surface area contributed by atoms with Crippen LogP contribution < -0.4 is 0 Å². The van der Waals surface area contributed by atoms with Crippen LogP contribution in [0.3, 0.4) is 0 Å². The van der Waals surface area contributed by atoms with E-state index in [1.165, 1.54) is 50.6 Å². The zero-order valence-corrected chi connectivity index (χ0v) is 29.6. The first-order valence-electron chi connectivity index (χ1n) is 13.1. The van der Waals surface area contributed by atoms with Gasteiger partial charge in [0.2, 0.25) is 0 Å². The average molecular weight is 943 g/mol. The number of rotatable bonds is 4. The third-order valence-corrected chi connectivity index (χ3v) is 5.11. The SMILES string of the molecule is CC(=O)C=C(C)O.CC(=O)C=C(C)O.[Ir].[Ir].[c-]1ccccc1-c1ccccn1.[c-]1ccccc1-c1nccc2ccccc12. The molecule has 0 aliphatic heterocycles. The molecule has 44 heavy (non-hydrogen) atoms. The maximum absolute atomic E-state index is 10.0. The number of fused-ring (bicyclic) bond motifs is 1. The second-order valence-electron chi connectivity index (χ2n) is 8.94. The van der Waals surface area contributed by atoms with E-state index < -0.39 is 0 Å². The molecule has 5 aromatic rings. The quantitative estimate of drug-likeness (QED) is 0.107. The van der Waals surface area contributed by atoms with E-state index in [0.717, 1.165) is 22.5 Å². The molecule has 6 nitrogen and oxygen atoms in total. The van der Waals surface area contributed by atoms with Crippen LogP contribution in [0.1, 0.15) is 27.7 Å². The molecule has 0 saturated heterocycles. The maximum Gasteiger partial charge on any atom is 0.155 e. The molecule has 0 aliphatic rings. The number of hydrogen-bond donors (Lipinski definition) is 2. The Labute approximate surface area is 286 Å². The first-order valence-corrected chi connectivity index (χ1v) is 13.1. The van der Waals surface area contributed by atoms with Crippen LogP contribution >= 0.6 is 0 Å². The van der Waals surface area contributed by atoms with Crippen molar-refractivity contribution in [3.8, 4) is 22.5 Å². The fraction of sp³-hybridized carbons (Fsp3) is 0.111. The van der Waals surface area contributed by atoms with E-state index in [2.05, 4.69) is 34.2 Å². The Morgan fingerprint density at radius 3 is 1.59 bits per heavy atom. The number of carbonyl (C=O) groups excluding carboxylic acids is 2. The number of allylic oxidation sites excluding steroid dienone is 4. The summed E-state index contributed by atoms with van der Waals surface area (Å²) in [5.41, 5.74) is 4.05. The fourth-order valence-electron chi connectivity index (χ4n) is 3.54. The summed E-state index contributed by atoms with van der Waals surface area (Å²) in [6, 6.07) is 38.3. The predicted octanol–water partition coefficient (Wildman–Crippen LogP) is 8.32. The molecule has 2 heterocycles.